The predicted molar refractivity (Wildman–Crippen MR) is 299 cm³/mol. The van der Waals surface area contributed by atoms with Crippen LogP contribution in [0.5, 0.6) is 0 Å². The second-order valence-corrected chi connectivity index (χ2v) is 23.0. The first-order valence-corrected chi connectivity index (χ1v) is 28.6. The van der Waals surface area contributed by atoms with Crippen molar-refractivity contribution < 1.29 is 49.1 Å². The quantitative estimate of drug-likeness (QED) is 0.0968. The number of hydrogen-bond donors (Lipinski definition) is 2. The second-order valence-electron chi connectivity index (χ2n) is 20.7. The number of halogens is 6. The van der Waals surface area contributed by atoms with Gasteiger partial charge in [-0.2, -0.15) is 40.8 Å². The molecule has 0 unspecified atom stereocenters. The third-order valence-corrected chi connectivity index (χ3v) is 17.0. The van der Waals surface area contributed by atoms with Gasteiger partial charge in [-0.25, -0.2) is 27.4 Å². The summed E-state index contributed by atoms with van der Waals surface area (Å²) < 4.78 is 114. The van der Waals surface area contributed by atoms with Gasteiger partial charge in [0.05, 0.1) is 39.9 Å². The van der Waals surface area contributed by atoms with E-state index in [1.165, 1.54) is 65.5 Å². The van der Waals surface area contributed by atoms with Crippen molar-refractivity contribution in [1.29, 1.82) is 0 Å². The number of piperazine rings is 2. The monoisotopic (exact) mass is 1180 g/mol. The van der Waals surface area contributed by atoms with Crippen LogP contribution in [-0.2, 0) is 40.3 Å². The lowest BCUT2D eigenvalue weighted by Gasteiger charge is -2.35. The Labute approximate surface area is 483 Å². The van der Waals surface area contributed by atoms with E-state index in [9.17, 15) is 49.1 Å². The zero-order chi connectivity index (χ0) is 59.5. The number of hydrogen-bond acceptors (Lipinski definition) is 13. The van der Waals surface area contributed by atoms with E-state index in [0.29, 0.717) is 85.9 Å². The van der Waals surface area contributed by atoms with Gasteiger partial charge in [0.1, 0.15) is 11.4 Å². The molecule has 436 valence electrons. The molecule has 26 heteroatoms. The van der Waals surface area contributed by atoms with Gasteiger partial charge in [0.2, 0.25) is 15.9 Å². The molecule has 8 aromatic rings. The largest absolute Gasteiger partial charge is 0.416 e. The number of amides is 3. The van der Waals surface area contributed by atoms with Crippen LogP contribution >= 0.6 is 0 Å². The van der Waals surface area contributed by atoms with Crippen molar-refractivity contribution in [3.05, 3.63) is 178 Å². The number of nitrogens with zero attached hydrogens (tertiary/aromatic N) is 12. The maximum Gasteiger partial charge on any atom is 0.416 e. The molecule has 0 bridgehead atoms. The van der Waals surface area contributed by atoms with Gasteiger partial charge >= 0.3 is 12.4 Å². The van der Waals surface area contributed by atoms with E-state index in [0.717, 1.165) is 25.0 Å². The average Bonchev–Trinajstić information content (AvgIpc) is 4.62. The highest BCUT2D eigenvalue weighted by Gasteiger charge is 2.42. The maximum atomic E-state index is 14.1. The molecule has 0 atom stereocenters. The lowest BCUT2D eigenvalue weighted by atomic mass is 10.0. The predicted octanol–water partition coefficient (Wildman–Crippen LogP) is 7.25. The molecule has 0 radical (unpaired) electrons. The van der Waals surface area contributed by atoms with Crippen molar-refractivity contribution in [2.24, 2.45) is 5.92 Å². The molecule has 2 saturated carbocycles. The molecule has 6 aromatic heterocycles. The zero-order valence-electron chi connectivity index (χ0n) is 45.2. The minimum absolute atomic E-state index is 0.00696. The van der Waals surface area contributed by atoms with Crippen LogP contribution in [0.4, 0.5) is 37.7 Å². The number of aromatic nitrogens is 8. The van der Waals surface area contributed by atoms with Crippen LogP contribution in [0.3, 0.4) is 0 Å². The molecule has 4 fully saturated rings. The van der Waals surface area contributed by atoms with E-state index in [1.807, 2.05) is 14.7 Å². The van der Waals surface area contributed by atoms with E-state index in [4.69, 9.17) is 0 Å². The number of benzene rings is 2. The molecule has 3 amide bonds. The maximum absolute atomic E-state index is 14.1. The van der Waals surface area contributed by atoms with E-state index in [2.05, 4.69) is 64.4 Å². The first-order chi connectivity index (χ1) is 40.8. The lowest BCUT2D eigenvalue weighted by molar-refractivity contribution is -0.139. The van der Waals surface area contributed by atoms with Crippen LogP contribution in [0, 0.1) is 29.6 Å². The Kier molecular flexibility index (Phi) is 16.5. The van der Waals surface area contributed by atoms with Crippen LogP contribution in [0.2, 0.25) is 0 Å². The zero-order valence-corrected chi connectivity index (χ0v) is 46.0. The number of pyridine rings is 2. The van der Waals surface area contributed by atoms with Crippen LogP contribution in [-0.4, -0.2) is 142 Å². The Balaban J connectivity index is 0.000000177. The smallest absolute Gasteiger partial charge is 0.340 e. The van der Waals surface area contributed by atoms with Gasteiger partial charge in [-0.15, -0.1) is 0 Å². The third kappa shape index (κ3) is 14.0. The number of imidazole rings is 2. The van der Waals surface area contributed by atoms with Gasteiger partial charge in [-0.3, -0.25) is 34.2 Å². The average molecular weight is 1180 g/mol. The summed E-state index contributed by atoms with van der Waals surface area (Å²) in [4.78, 5) is 60.2. The summed E-state index contributed by atoms with van der Waals surface area (Å²) in [7, 11) is -3.31. The summed E-state index contributed by atoms with van der Waals surface area (Å²) in [6.45, 7) is 3.32. The highest BCUT2D eigenvalue weighted by atomic mass is 32.2. The number of nitrogens with one attached hydrogen (secondary N) is 2. The van der Waals surface area contributed by atoms with E-state index >= 15 is 0 Å². The standard InChI is InChI=1S/C30H26F3N7O2.C29H26F3N7O3S/c31-30(32,33)26-15-24(7-6-22(26)19-38-10-12-39(13-11-38)29(42)21-4-5-21)37-28(41)23-14-20(16-34-17-23)3-8-25-18-35-27-2-1-9-36-40(25)27;30-29(31,32)26-15-23(5-4-21(26)19-37-10-12-38(13-11-37)43(41,42)25-7-8-25)36-28(40)22-14-20(16-33-17-22)3-6-24-18-34-27-2-1-9-35-39(24)27/h1-2,6-7,9,14-18,21H,4-5,10-13,19H2,(H,37,41);1-2,4-5,9,14-18,25H,7-8,10-13,19H2,(H,36,40). The summed E-state index contributed by atoms with van der Waals surface area (Å²) in [6, 6.07) is 17.6. The SMILES string of the molecule is O=C(Nc1ccc(CN2CCN(C(=O)C3CC3)CC2)c(C(F)(F)F)c1)c1cncc(C#Cc2cnc3cccnn23)c1.O=C(Nc1ccc(CN2CCN(S(=O)(=O)C3CC3)CC2)c(C(F)(F)F)c1)c1cncc(C#Cc2cnc3cccnn23)c1. The molecule has 8 heterocycles. The Morgan fingerprint density at radius 2 is 1.01 bits per heavy atom. The van der Waals surface area contributed by atoms with Gasteiger partial charge in [-0.05, 0) is 109 Å². The summed E-state index contributed by atoms with van der Waals surface area (Å²) in [6.07, 6.45) is 5.87. The van der Waals surface area contributed by atoms with Crippen LogP contribution in [0.1, 0.15) is 91.2 Å². The highest BCUT2D eigenvalue weighted by molar-refractivity contribution is 7.90. The minimum atomic E-state index is -4.66. The molecule has 19 nitrogen and oxygen atoms in total. The topological polar surface area (TPSA) is 209 Å². The number of rotatable bonds is 11. The summed E-state index contributed by atoms with van der Waals surface area (Å²) in [5, 5.41) is 13.2. The molecule has 2 N–H and O–H groups in total. The highest BCUT2D eigenvalue weighted by Crippen LogP contribution is 2.37. The van der Waals surface area contributed by atoms with E-state index in [1.54, 1.807) is 58.1 Å². The van der Waals surface area contributed by atoms with E-state index < -0.39 is 45.3 Å². The van der Waals surface area contributed by atoms with Gasteiger partial charge in [0, 0.05) is 131 Å². The molecular weight excluding hydrogens is 1130 g/mol. The number of carbonyl (C=O) groups is 3. The van der Waals surface area contributed by atoms with E-state index in [-0.39, 0.29) is 76.9 Å². The number of anilines is 2. The fourth-order valence-electron chi connectivity index (χ4n) is 9.80. The molecule has 12 rings (SSSR count). The van der Waals surface area contributed by atoms with Gasteiger partial charge in [0.15, 0.2) is 11.3 Å². The van der Waals surface area contributed by atoms with Crippen LogP contribution in [0.15, 0.2) is 122 Å². The number of fused-ring (bicyclic) bond motifs is 2. The first-order valence-electron chi connectivity index (χ1n) is 27.1. The van der Waals surface area contributed by atoms with Crippen molar-refractivity contribution in [2.75, 3.05) is 63.0 Å². The summed E-state index contributed by atoms with van der Waals surface area (Å²) in [5.74, 6) is 10.7. The Hall–Kier alpha value is -9.08. The normalized spacial score (nSPS) is 16.1. The molecule has 0 spiro atoms. The van der Waals surface area contributed by atoms with Crippen molar-refractivity contribution in [1.82, 2.24) is 58.2 Å². The summed E-state index contributed by atoms with van der Waals surface area (Å²) >= 11 is 0. The molecule has 2 aromatic carbocycles. The molecule has 2 saturated heterocycles. The van der Waals surface area contributed by atoms with Gasteiger partial charge < -0.3 is 15.5 Å². The van der Waals surface area contributed by atoms with Crippen LogP contribution < -0.4 is 10.6 Å². The number of carbonyl (C=O) groups excluding carboxylic acids is 3. The van der Waals surface area contributed by atoms with Crippen molar-refractivity contribution in [3.63, 3.8) is 0 Å². The van der Waals surface area contributed by atoms with Crippen LogP contribution in [0.25, 0.3) is 11.3 Å². The first kappa shape index (κ1) is 57.7. The fourth-order valence-corrected chi connectivity index (χ4v) is 11.6. The number of alkyl halides is 6. The fraction of sp³-hybridized carbons (Fsp3) is 0.305. The van der Waals surface area contributed by atoms with Gasteiger partial charge in [-0.1, -0.05) is 24.0 Å². The summed E-state index contributed by atoms with van der Waals surface area (Å²) in [5.41, 5.74) is 1.98. The molecule has 85 heavy (non-hydrogen) atoms. The van der Waals surface area contributed by atoms with Crippen molar-refractivity contribution in [2.45, 2.75) is 56.4 Å². The minimum Gasteiger partial charge on any atom is -0.340 e. The molecule has 2 aliphatic carbocycles. The Morgan fingerprint density at radius 1 is 0.553 bits per heavy atom. The van der Waals surface area contributed by atoms with Gasteiger partial charge in [0.25, 0.3) is 11.8 Å². The number of sulfonamides is 1. The molecule has 2 aliphatic heterocycles. The Bertz CT molecular complexity index is 4090. The Morgan fingerprint density at radius 3 is 1.45 bits per heavy atom. The third-order valence-electron chi connectivity index (χ3n) is 14.6. The lowest BCUT2D eigenvalue weighted by Crippen LogP contribution is -2.49. The second kappa shape index (κ2) is 24.3. The van der Waals surface area contributed by atoms with Crippen molar-refractivity contribution >= 4 is 50.4 Å². The van der Waals surface area contributed by atoms with Crippen molar-refractivity contribution in [3.8, 4) is 23.7 Å². The molecular formula is C59H52F6N14O5S. The molecule has 4 aliphatic rings.